The molecule has 0 saturated carbocycles. The molecule has 0 bridgehead atoms. The smallest absolute Gasteiger partial charge is 0.142 e. The molecule has 0 unspecified atom stereocenters. The van der Waals surface area contributed by atoms with Crippen molar-refractivity contribution in [3.05, 3.63) is 42.4 Å². The molecule has 0 saturated heterocycles. The molecule has 0 aliphatic rings. The number of hydrazine groups is 1. The van der Waals surface area contributed by atoms with Crippen LogP contribution in [0.1, 0.15) is 32.9 Å². The monoisotopic (exact) mass is 284 g/mol. The van der Waals surface area contributed by atoms with Gasteiger partial charge in [0.15, 0.2) is 0 Å². The van der Waals surface area contributed by atoms with Crippen molar-refractivity contribution < 1.29 is 0 Å². The fourth-order valence-electron chi connectivity index (χ4n) is 2.36. The van der Waals surface area contributed by atoms with Gasteiger partial charge in [-0.3, -0.25) is 9.99 Å². The summed E-state index contributed by atoms with van der Waals surface area (Å²) in [6.07, 6.45) is 5.63. The summed E-state index contributed by atoms with van der Waals surface area (Å²) in [7, 11) is 0. The molecule has 2 N–H and O–H groups in total. The first-order chi connectivity index (χ1) is 10.1. The fraction of sp³-hybridized carbons (Fsp3) is 0.412. The standard InChI is InChI=1S/C17H24N4/c1-4-5-16-15(14-8-10-19-11-9-14)6-7-17(20-16)21(18)12-13(2)3/h6-11,13H,4-5,12,18H2,1-3H3. The van der Waals surface area contributed by atoms with Crippen LogP contribution in [0.3, 0.4) is 0 Å². The van der Waals surface area contributed by atoms with Crippen molar-refractivity contribution in [2.24, 2.45) is 11.8 Å². The maximum atomic E-state index is 6.11. The number of aromatic nitrogens is 2. The summed E-state index contributed by atoms with van der Waals surface area (Å²) in [5.74, 6) is 7.45. The highest BCUT2D eigenvalue weighted by atomic mass is 15.4. The highest BCUT2D eigenvalue weighted by Gasteiger charge is 2.11. The van der Waals surface area contributed by atoms with Crippen LogP contribution in [0, 0.1) is 5.92 Å². The van der Waals surface area contributed by atoms with E-state index in [-0.39, 0.29) is 0 Å². The van der Waals surface area contributed by atoms with Gasteiger partial charge >= 0.3 is 0 Å². The van der Waals surface area contributed by atoms with Gasteiger partial charge in [0.25, 0.3) is 0 Å². The molecular formula is C17H24N4. The van der Waals surface area contributed by atoms with Gasteiger partial charge in [-0.25, -0.2) is 10.8 Å². The Morgan fingerprint density at radius 3 is 2.48 bits per heavy atom. The molecule has 0 atom stereocenters. The average molecular weight is 284 g/mol. The number of hydrogen-bond donors (Lipinski definition) is 1. The van der Waals surface area contributed by atoms with Crippen LogP contribution in [-0.4, -0.2) is 16.5 Å². The molecule has 2 rings (SSSR count). The molecule has 21 heavy (non-hydrogen) atoms. The largest absolute Gasteiger partial charge is 0.295 e. The van der Waals surface area contributed by atoms with Crippen LogP contribution in [0.25, 0.3) is 11.1 Å². The van der Waals surface area contributed by atoms with Crippen LogP contribution in [0.2, 0.25) is 0 Å². The predicted molar refractivity (Wildman–Crippen MR) is 87.8 cm³/mol. The van der Waals surface area contributed by atoms with Crippen LogP contribution in [0.15, 0.2) is 36.7 Å². The molecule has 0 radical (unpaired) electrons. The lowest BCUT2D eigenvalue weighted by molar-refractivity contribution is 0.615. The van der Waals surface area contributed by atoms with Crippen molar-refractivity contribution in [3.8, 4) is 11.1 Å². The second kappa shape index (κ2) is 7.18. The highest BCUT2D eigenvalue weighted by Crippen LogP contribution is 2.25. The number of hydrogen-bond acceptors (Lipinski definition) is 4. The SMILES string of the molecule is CCCc1nc(N(N)CC(C)C)ccc1-c1ccncc1. The maximum Gasteiger partial charge on any atom is 0.142 e. The van der Waals surface area contributed by atoms with E-state index in [1.165, 1.54) is 5.56 Å². The molecule has 4 heteroatoms. The number of nitrogens with zero attached hydrogens (tertiary/aromatic N) is 3. The van der Waals surface area contributed by atoms with Crippen molar-refractivity contribution in [1.82, 2.24) is 9.97 Å². The summed E-state index contributed by atoms with van der Waals surface area (Å²) in [5, 5.41) is 1.74. The Balaban J connectivity index is 2.35. The van der Waals surface area contributed by atoms with Gasteiger partial charge < -0.3 is 0 Å². The minimum atomic E-state index is 0.506. The summed E-state index contributed by atoms with van der Waals surface area (Å²) >= 11 is 0. The van der Waals surface area contributed by atoms with Crippen LogP contribution in [0.4, 0.5) is 5.82 Å². The lowest BCUT2D eigenvalue weighted by Gasteiger charge is -2.21. The lowest BCUT2D eigenvalue weighted by Crippen LogP contribution is -2.35. The van der Waals surface area contributed by atoms with Crippen molar-refractivity contribution in [2.75, 3.05) is 11.6 Å². The van der Waals surface area contributed by atoms with Gasteiger partial charge in [-0.1, -0.05) is 27.2 Å². The summed E-state index contributed by atoms with van der Waals surface area (Å²) in [5.41, 5.74) is 3.42. The molecule has 2 aromatic heterocycles. The van der Waals surface area contributed by atoms with Crippen molar-refractivity contribution >= 4 is 5.82 Å². The number of rotatable bonds is 6. The third-order valence-corrected chi connectivity index (χ3v) is 3.29. The zero-order chi connectivity index (χ0) is 15.2. The molecule has 0 amide bonds. The van der Waals surface area contributed by atoms with E-state index < -0.39 is 0 Å². The first-order valence-electron chi connectivity index (χ1n) is 7.54. The maximum absolute atomic E-state index is 6.11. The Labute approximate surface area is 127 Å². The average Bonchev–Trinajstić information content (AvgIpc) is 2.48. The Morgan fingerprint density at radius 1 is 1.14 bits per heavy atom. The first kappa shape index (κ1) is 15.4. The number of aryl methyl sites for hydroxylation is 1. The van der Waals surface area contributed by atoms with E-state index in [1.54, 1.807) is 5.01 Å². The van der Waals surface area contributed by atoms with E-state index in [4.69, 9.17) is 10.8 Å². The molecule has 0 aromatic carbocycles. The van der Waals surface area contributed by atoms with Crippen molar-refractivity contribution in [3.63, 3.8) is 0 Å². The molecule has 2 aromatic rings. The number of pyridine rings is 2. The van der Waals surface area contributed by atoms with E-state index in [0.29, 0.717) is 5.92 Å². The fourth-order valence-corrected chi connectivity index (χ4v) is 2.36. The van der Waals surface area contributed by atoms with Gasteiger partial charge in [-0.05, 0) is 42.2 Å². The lowest BCUT2D eigenvalue weighted by atomic mass is 10.0. The second-order valence-electron chi connectivity index (χ2n) is 5.70. The molecule has 4 nitrogen and oxygen atoms in total. The molecular weight excluding hydrogens is 260 g/mol. The molecule has 0 fully saturated rings. The summed E-state index contributed by atoms with van der Waals surface area (Å²) < 4.78 is 0. The van der Waals surface area contributed by atoms with Crippen LogP contribution in [0.5, 0.6) is 0 Å². The molecule has 0 aliphatic heterocycles. The second-order valence-corrected chi connectivity index (χ2v) is 5.70. The van der Waals surface area contributed by atoms with Gasteiger partial charge in [0.2, 0.25) is 0 Å². The zero-order valence-corrected chi connectivity index (χ0v) is 13.1. The van der Waals surface area contributed by atoms with Gasteiger partial charge in [-0.2, -0.15) is 0 Å². The Bertz CT molecular complexity index is 566. The van der Waals surface area contributed by atoms with Crippen LogP contribution >= 0.6 is 0 Å². The Hall–Kier alpha value is -1.94. The molecule has 0 aliphatic carbocycles. The van der Waals surface area contributed by atoms with E-state index in [2.05, 4.69) is 31.8 Å². The number of anilines is 1. The van der Waals surface area contributed by atoms with E-state index in [1.807, 2.05) is 30.6 Å². The topological polar surface area (TPSA) is 55.0 Å². The predicted octanol–water partition coefficient (Wildman–Crippen LogP) is 3.43. The summed E-state index contributed by atoms with van der Waals surface area (Å²) in [6, 6.07) is 8.15. The normalized spacial score (nSPS) is 10.9. The molecule has 0 spiro atoms. The Kier molecular flexibility index (Phi) is 5.28. The highest BCUT2D eigenvalue weighted by molar-refractivity contribution is 5.67. The number of nitrogens with two attached hydrogens (primary N) is 1. The van der Waals surface area contributed by atoms with E-state index >= 15 is 0 Å². The third-order valence-electron chi connectivity index (χ3n) is 3.29. The minimum absolute atomic E-state index is 0.506. The van der Waals surface area contributed by atoms with Gasteiger partial charge in [0.1, 0.15) is 5.82 Å². The van der Waals surface area contributed by atoms with Gasteiger partial charge in [-0.15, -0.1) is 0 Å². The first-order valence-corrected chi connectivity index (χ1v) is 7.54. The van der Waals surface area contributed by atoms with Crippen molar-refractivity contribution in [1.29, 1.82) is 0 Å². The quantitative estimate of drug-likeness (QED) is 0.652. The Morgan fingerprint density at radius 2 is 1.86 bits per heavy atom. The third kappa shape index (κ3) is 4.02. The summed E-state index contributed by atoms with van der Waals surface area (Å²) in [4.78, 5) is 8.85. The van der Waals surface area contributed by atoms with Gasteiger partial charge in [0.05, 0.1) is 5.69 Å². The summed E-state index contributed by atoms with van der Waals surface area (Å²) in [6.45, 7) is 7.27. The van der Waals surface area contributed by atoms with E-state index in [0.717, 1.165) is 36.5 Å². The van der Waals surface area contributed by atoms with Crippen LogP contribution < -0.4 is 10.9 Å². The van der Waals surface area contributed by atoms with Crippen LogP contribution in [-0.2, 0) is 6.42 Å². The van der Waals surface area contributed by atoms with Crippen molar-refractivity contribution in [2.45, 2.75) is 33.6 Å². The van der Waals surface area contributed by atoms with Gasteiger partial charge in [0, 0.05) is 24.5 Å². The molecule has 112 valence electrons. The zero-order valence-electron chi connectivity index (χ0n) is 13.1. The molecule has 2 heterocycles. The van der Waals surface area contributed by atoms with E-state index in [9.17, 15) is 0 Å². The minimum Gasteiger partial charge on any atom is -0.295 e.